The van der Waals surface area contributed by atoms with E-state index in [1.54, 1.807) is 6.92 Å². The fraction of sp³-hybridized carbons (Fsp3) is 0.600. The van der Waals surface area contributed by atoms with Crippen molar-refractivity contribution in [3.8, 4) is 0 Å². The number of hydrogen-bond donors (Lipinski definition) is 1. The molecule has 1 aliphatic carbocycles. The van der Waals surface area contributed by atoms with Gasteiger partial charge >= 0.3 is 6.18 Å². The van der Waals surface area contributed by atoms with E-state index in [0.717, 1.165) is 24.0 Å². The van der Waals surface area contributed by atoms with Gasteiger partial charge in [-0.25, -0.2) is 0 Å². The van der Waals surface area contributed by atoms with Gasteiger partial charge < -0.3 is 5.73 Å². The Balaban J connectivity index is 2.29. The van der Waals surface area contributed by atoms with E-state index in [4.69, 9.17) is 5.73 Å². The second-order valence-electron chi connectivity index (χ2n) is 5.74. The average Bonchev–Trinajstić information content (AvgIpc) is 3.09. The first-order valence-corrected chi connectivity index (χ1v) is 6.92. The van der Waals surface area contributed by atoms with Crippen LogP contribution in [0.25, 0.3) is 0 Å². The molecule has 0 aromatic heterocycles. The molecule has 2 atom stereocenters. The number of alkyl halides is 3. The number of aryl methyl sites for hydroxylation is 1. The third-order valence-electron chi connectivity index (χ3n) is 3.62. The van der Waals surface area contributed by atoms with Crippen molar-refractivity contribution in [1.29, 1.82) is 0 Å². The molecule has 2 unspecified atom stereocenters. The highest BCUT2D eigenvalue weighted by Gasteiger charge is 2.42. The minimum Gasteiger partial charge on any atom is -0.326 e. The van der Waals surface area contributed by atoms with E-state index < -0.39 is 12.7 Å². The van der Waals surface area contributed by atoms with E-state index in [2.05, 4.69) is 0 Å². The fourth-order valence-corrected chi connectivity index (χ4v) is 2.72. The van der Waals surface area contributed by atoms with Crippen molar-refractivity contribution in [2.75, 3.05) is 6.54 Å². The minimum atomic E-state index is -4.19. The molecule has 0 bridgehead atoms. The number of nitrogens with two attached hydrogens (primary N) is 1. The normalized spacial score (nSPS) is 19.1. The van der Waals surface area contributed by atoms with Gasteiger partial charge in [0.1, 0.15) is 0 Å². The van der Waals surface area contributed by atoms with E-state index in [9.17, 15) is 13.2 Å². The molecular formula is C15H21F3N2. The van der Waals surface area contributed by atoms with Crippen molar-refractivity contribution >= 4 is 0 Å². The summed E-state index contributed by atoms with van der Waals surface area (Å²) in [7, 11) is 0. The molecule has 1 saturated carbocycles. The summed E-state index contributed by atoms with van der Waals surface area (Å²) in [6.07, 6.45) is -2.55. The van der Waals surface area contributed by atoms with Crippen LogP contribution in [0.4, 0.5) is 13.2 Å². The van der Waals surface area contributed by atoms with Gasteiger partial charge in [-0.3, -0.25) is 4.90 Å². The molecule has 0 amide bonds. The molecular weight excluding hydrogens is 265 g/mol. The van der Waals surface area contributed by atoms with Crippen molar-refractivity contribution < 1.29 is 13.2 Å². The molecule has 0 spiro atoms. The van der Waals surface area contributed by atoms with Gasteiger partial charge in [0.25, 0.3) is 0 Å². The standard InChI is InChI=1S/C15H21F3N2/c1-10-4-3-5-12(8-10)14(11(2)19)20(13-6-7-13)9-15(16,17)18/h3-5,8,11,13-14H,6-7,9,19H2,1-2H3. The number of halogens is 3. The van der Waals surface area contributed by atoms with Crippen molar-refractivity contribution in [2.45, 2.75) is 51.0 Å². The highest BCUT2D eigenvalue weighted by Crippen LogP contribution is 2.38. The minimum absolute atomic E-state index is 0.00753. The van der Waals surface area contributed by atoms with E-state index in [-0.39, 0.29) is 18.1 Å². The second-order valence-corrected chi connectivity index (χ2v) is 5.74. The molecule has 2 rings (SSSR count). The summed E-state index contributed by atoms with van der Waals surface area (Å²) < 4.78 is 38.5. The van der Waals surface area contributed by atoms with Gasteiger partial charge in [0.15, 0.2) is 0 Å². The summed E-state index contributed by atoms with van der Waals surface area (Å²) in [6, 6.07) is 6.88. The Kier molecular flexibility index (Phi) is 4.39. The molecule has 0 heterocycles. The predicted molar refractivity (Wildman–Crippen MR) is 73.4 cm³/mol. The van der Waals surface area contributed by atoms with Crippen LogP contribution in [0.2, 0.25) is 0 Å². The predicted octanol–water partition coefficient (Wildman–Crippen LogP) is 3.41. The van der Waals surface area contributed by atoms with Gasteiger partial charge in [0, 0.05) is 12.1 Å². The van der Waals surface area contributed by atoms with Gasteiger partial charge in [-0.05, 0) is 32.3 Å². The van der Waals surface area contributed by atoms with Crippen LogP contribution < -0.4 is 5.73 Å². The number of benzene rings is 1. The third-order valence-corrected chi connectivity index (χ3v) is 3.62. The lowest BCUT2D eigenvalue weighted by molar-refractivity contribution is -0.153. The summed E-state index contributed by atoms with van der Waals surface area (Å²) in [6.45, 7) is 2.82. The number of rotatable bonds is 5. The van der Waals surface area contributed by atoms with Gasteiger partial charge in [-0.15, -0.1) is 0 Å². The zero-order valence-electron chi connectivity index (χ0n) is 11.8. The fourth-order valence-electron chi connectivity index (χ4n) is 2.72. The average molecular weight is 286 g/mol. The topological polar surface area (TPSA) is 29.3 Å². The third kappa shape index (κ3) is 3.96. The maximum atomic E-state index is 12.8. The Labute approximate surface area is 117 Å². The van der Waals surface area contributed by atoms with Gasteiger partial charge in [0.05, 0.1) is 12.6 Å². The van der Waals surface area contributed by atoms with Crippen LogP contribution in [-0.4, -0.2) is 29.7 Å². The SMILES string of the molecule is Cc1cccc(C(C(C)N)N(CC(F)(F)F)C2CC2)c1. The van der Waals surface area contributed by atoms with E-state index in [0.29, 0.717) is 0 Å². The summed E-state index contributed by atoms with van der Waals surface area (Å²) >= 11 is 0. The Hall–Kier alpha value is -1.07. The first-order chi connectivity index (χ1) is 9.28. The van der Waals surface area contributed by atoms with Crippen LogP contribution >= 0.6 is 0 Å². The van der Waals surface area contributed by atoms with Crippen molar-refractivity contribution in [3.63, 3.8) is 0 Å². The number of hydrogen-bond acceptors (Lipinski definition) is 2. The summed E-state index contributed by atoms with van der Waals surface area (Å²) in [5.41, 5.74) is 7.90. The quantitative estimate of drug-likeness (QED) is 0.898. The van der Waals surface area contributed by atoms with Crippen LogP contribution in [0.5, 0.6) is 0 Å². The lowest BCUT2D eigenvalue weighted by Crippen LogP contribution is -2.45. The molecule has 1 fully saturated rings. The van der Waals surface area contributed by atoms with Crippen LogP contribution in [0.3, 0.4) is 0 Å². The second kappa shape index (κ2) is 5.74. The summed E-state index contributed by atoms with van der Waals surface area (Å²) in [5.74, 6) is 0. The summed E-state index contributed by atoms with van der Waals surface area (Å²) in [4.78, 5) is 1.53. The highest BCUT2D eigenvalue weighted by atomic mass is 19.4. The van der Waals surface area contributed by atoms with Crippen LogP contribution in [0.1, 0.15) is 36.9 Å². The molecule has 2 N–H and O–H groups in total. The van der Waals surface area contributed by atoms with Crippen LogP contribution in [-0.2, 0) is 0 Å². The molecule has 2 nitrogen and oxygen atoms in total. The van der Waals surface area contributed by atoms with Crippen LogP contribution in [0, 0.1) is 6.92 Å². The molecule has 1 aromatic rings. The first kappa shape index (κ1) is 15.3. The maximum Gasteiger partial charge on any atom is 0.401 e. The van der Waals surface area contributed by atoms with Crippen molar-refractivity contribution in [1.82, 2.24) is 4.90 Å². The Morgan fingerprint density at radius 1 is 1.35 bits per heavy atom. The van der Waals surface area contributed by atoms with Gasteiger partial charge in [-0.1, -0.05) is 29.8 Å². The Morgan fingerprint density at radius 3 is 2.45 bits per heavy atom. The van der Waals surface area contributed by atoms with E-state index in [1.165, 1.54) is 4.90 Å². The largest absolute Gasteiger partial charge is 0.401 e. The van der Waals surface area contributed by atoms with E-state index >= 15 is 0 Å². The molecule has 0 aliphatic heterocycles. The monoisotopic (exact) mass is 286 g/mol. The highest BCUT2D eigenvalue weighted by molar-refractivity contribution is 5.26. The molecule has 1 aliphatic rings. The lowest BCUT2D eigenvalue weighted by atomic mass is 9.97. The molecule has 0 radical (unpaired) electrons. The zero-order valence-corrected chi connectivity index (χ0v) is 11.8. The molecule has 112 valence electrons. The Morgan fingerprint density at radius 2 is 2.00 bits per heavy atom. The molecule has 0 saturated heterocycles. The van der Waals surface area contributed by atoms with Crippen molar-refractivity contribution in [3.05, 3.63) is 35.4 Å². The maximum absolute atomic E-state index is 12.8. The van der Waals surface area contributed by atoms with Gasteiger partial charge in [0.2, 0.25) is 0 Å². The lowest BCUT2D eigenvalue weighted by Gasteiger charge is -2.35. The van der Waals surface area contributed by atoms with Crippen LogP contribution in [0.15, 0.2) is 24.3 Å². The zero-order chi connectivity index (χ0) is 14.9. The molecule has 1 aromatic carbocycles. The first-order valence-electron chi connectivity index (χ1n) is 6.92. The Bertz CT molecular complexity index is 453. The molecule has 5 heteroatoms. The smallest absolute Gasteiger partial charge is 0.326 e. The van der Waals surface area contributed by atoms with Gasteiger partial charge in [-0.2, -0.15) is 13.2 Å². The van der Waals surface area contributed by atoms with Crippen molar-refractivity contribution in [2.24, 2.45) is 5.73 Å². The number of nitrogens with zero attached hydrogens (tertiary/aromatic N) is 1. The summed E-state index contributed by atoms with van der Waals surface area (Å²) in [5, 5.41) is 0. The molecule has 20 heavy (non-hydrogen) atoms. The van der Waals surface area contributed by atoms with E-state index in [1.807, 2.05) is 31.2 Å².